The molecule has 0 heterocycles. The van der Waals surface area contributed by atoms with Gasteiger partial charge < -0.3 is 15.2 Å². The maximum absolute atomic E-state index is 10.2. The van der Waals surface area contributed by atoms with Gasteiger partial charge in [0.1, 0.15) is 18.5 Å². The summed E-state index contributed by atoms with van der Waals surface area (Å²) >= 11 is 1.84. The van der Waals surface area contributed by atoms with Crippen molar-refractivity contribution in [2.24, 2.45) is 0 Å². The third-order valence-electron chi connectivity index (χ3n) is 4.00. The van der Waals surface area contributed by atoms with Crippen molar-refractivity contribution < 1.29 is 9.84 Å². The summed E-state index contributed by atoms with van der Waals surface area (Å²) in [7, 11) is 2.01. The van der Waals surface area contributed by atoms with Crippen molar-refractivity contribution in [1.29, 1.82) is 0 Å². The van der Waals surface area contributed by atoms with Crippen LogP contribution < -0.4 is 10.1 Å². The predicted molar refractivity (Wildman–Crippen MR) is 111 cm³/mol. The van der Waals surface area contributed by atoms with Gasteiger partial charge in [-0.25, -0.2) is 0 Å². The van der Waals surface area contributed by atoms with E-state index in [-0.39, 0.29) is 0 Å². The van der Waals surface area contributed by atoms with Gasteiger partial charge in [-0.2, -0.15) is 11.8 Å². The van der Waals surface area contributed by atoms with Gasteiger partial charge in [0.15, 0.2) is 0 Å². The number of benzene rings is 2. The lowest BCUT2D eigenvalue weighted by Crippen LogP contribution is -2.32. The number of rotatable bonds is 12. The van der Waals surface area contributed by atoms with Gasteiger partial charge >= 0.3 is 0 Å². The van der Waals surface area contributed by atoms with Gasteiger partial charge in [-0.15, -0.1) is 0 Å². The first-order valence-corrected chi connectivity index (χ1v) is 10.4. The number of thioether (sulfide) groups is 1. The number of aliphatic hydroxyl groups is 1. The summed E-state index contributed by atoms with van der Waals surface area (Å²) in [6.45, 7) is 3.57. The smallest absolute Gasteiger partial charge is 0.119 e. The minimum atomic E-state index is -0.517. The van der Waals surface area contributed by atoms with Crippen LogP contribution in [0.4, 0.5) is 0 Å². The van der Waals surface area contributed by atoms with Gasteiger partial charge in [0, 0.05) is 31.9 Å². The van der Waals surface area contributed by atoms with Crippen LogP contribution in [0, 0.1) is 0 Å². The molecule has 2 rings (SSSR count). The summed E-state index contributed by atoms with van der Waals surface area (Å²) in [6.07, 6.45) is 1.60. The second-order valence-electron chi connectivity index (χ2n) is 6.46. The van der Waals surface area contributed by atoms with E-state index in [1.807, 2.05) is 49.1 Å². The van der Waals surface area contributed by atoms with Crippen molar-refractivity contribution in [1.82, 2.24) is 10.2 Å². The third-order valence-corrected chi connectivity index (χ3v) is 4.61. The molecular weight excluding hydrogens is 344 g/mol. The van der Waals surface area contributed by atoms with Crippen LogP contribution in [0.2, 0.25) is 0 Å². The molecule has 0 spiro atoms. The normalized spacial score (nSPS) is 12.3. The topological polar surface area (TPSA) is 44.7 Å². The van der Waals surface area contributed by atoms with Gasteiger partial charge in [-0.3, -0.25) is 4.90 Å². The Morgan fingerprint density at radius 1 is 1.08 bits per heavy atom. The van der Waals surface area contributed by atoms with E-state index in [0.29, 0.717) is 13.2 Å². The number of aliphatic hydroxyl groups excluding tert-OH is 1. The second kappa shape index (κ2) is 12.0. The molecule has 0 aliphatic carbocycles. The molecular formula is C21H30N2O2S. The molecule has 0 radical (unpaired) electrons. The number of likely N-dealkylation sites (N-methyl/N-ethyl adjacent to an activating group) is 1. The van der Waals surface area contributed by atoms with Crippen LogP contribution in [0.5, 0.6) is 5.75 Å². The van der Waals surface area contributed by atoms with Crippen LogP contribution in [0.3, 0.4) is 0 Å². The number of hydrogen-bond acceptors (Lipinski definition) is 5. The molecule has 0 saturated carbocycles. The zero-order valence-corrected chi connectivity index (χ0v) is 16.5. The quantitative estimate of drug-likeness (QED) is 0.559. The first kappa shape index (κ1) is 20.8. The van der Waals surface area contributed by atoms with Gasteiger partial charge in [0.05, 0.1) is 0 Å². The average molecular weight is 375 g/mol. The SMILES string of the molecule is CSCCNCc1ccc(OCC(O)CN(C)Cc2ccccc2)cc1. The van der Waals surface area contributed by atoms with E-state index in [0.717, 1.165) is 31.1 Å². The Morgan fingerprint density at radius 2 is 1.81 bits per heavy atom. The summed E-state index contributed by atoms with van der Waals surface area (Å²) < 4.78 is 5.72. The van der Waals surface area contributed by atoms with E-state index in [2.05, 4.69) is 40.7 Å². The summed E-state index contributed by atoms with van der Waals surface area (Å²) in [5.41, 5.74) is 2.48. The van der Waals surface area contributed by atoms with Gasteiger partial charge in [-0.05, 0) is 36.6 Å². The van der Waals surface area contributed by atoms with Crippen molar-refractivity contribution in [3.8, 4) is 5.75 Å². The van der Waals surface area contributed by atoms with Gasteiger partial charge in [-0.1, -0.05) is 42.5 Å². The molecule has 5 heteroatoms. The second-order valence-corrected chi connectivity index (χ2v) is 7.45. The lowest BCUT2D eigenvalue weighted by atomic mass is 10.2. The molecule has 0 aliphatic heterocycles. The molecule has 0 amide bonds. The average Bonchev–Trinajstić information content (AvgIpc) is 2.65. The molecule has 142 valence electrons. The summed E-state index contributed by atoms with van der Waals surface area (Å²) in [4.78, 5) is 2.10. The first-order chi connectivity index (χ1) is 12.7. The van der Waals surface area contributed by atoms with Crippen LogP contribution in [-0.4, -0.2) is 54.9 Å². The molecule has 0 aliphatic rings. The minimum absolute atomic E-state index is 0.296. The van der Waals surface area contributed by atoms with E-state index in [9.17, 15) is 5.11 Å². The molecule has 0 bridgehead atoms. The van der Waals surface area contributed by atoms with E-state index < -0.39 is 6.10 Å². The van der Waals surface area contributed by atoms with E-state index >= 15 is 0 Å². The highest BCUT2D eigenvalue weighted by molar-refractivity contribution is 7.98. The number of nitrogens with one attached hydrogen (secondary N) is 1. The highest BCUT2D eigenvalue weighted by Gasteiger charge is 2.09. The van der Waals surface area contributed by atoms with Crippen molar-refractivity contribution in [2.45, 2.75) is 19.2 Å². The molecule has 4 nitrogen and oxygen atoms in total. The minimum Gasteiger partial charge on any atom is -0.491 e. The maximum Gasteiger partial charge on any atom is 0.119 e. The predicted octanol–water partition coefficient (Wildman–Crippen LogP) is 3.01. The number of ether oxygens (including phenoxy) is 1. The summed E-state index contributed by atoms with van der Waals surface area (Å²) in [6, 6.07) is 18.3. The first-order valence-electron chi connectivity index (χ1n) is 8.99. The van der Waals surface area contributed by atoms with Gasteiger partial charge in [0.25, 0.3) is 0 Å². The fraction of sp³-hybridized carbons (Fsp3) is 0.429. The van der Waals surface area contributed by atoms with E-state index in [1.165, 1.54) is 11.1 Å². The zero-order valence-electron chi connectivity index (χ0n) is 15.7. The molecule has 0 aromatic heterocycles. The molecule has 26 heavy (non-hydrogen) atoms. The lowest BCUT2D eigenvalue weighted by molar-refractivity contribution is 0.0744. The fourth-order valence-corrected chi connectivity index (χ4v) is 3.02. The lowest BCUT2D eigenvalue weighted by Gasteiger charge is -2.21. The molecule has 1 atom stereocenters. The molecule has 1 unspecified atom stereocenters. The Bertz CT molecular complexity index is 607. The summed E-state index contributed by atoms with van der Waals surface area (Å²) in [5.74, 6) is 1.92. The third kappa shape index (κ3) is 8.23. The van der Waals surface area contributed by atoms with Crippen LogP contribution >= 0.6 is 11.8 Å². The van der Waals surface area contributed by atoms with Crippen molar-refractivity contribution in [3.05, 3.63) is 65.7 Å². The molecule has 0 saturated heterocycles. The summed E-state index contributed by atoms with van der Waals surface area (Å²) in [5, 5.41) is 13.6. The highest BCUT2D eigenvalue weighted by atomic mass is 32.2. The standard InChI is InChI=1S/C21H30N2O2S/c1-23(15-19-6-4-3-5-7-19)16-20(24)17-25-21-10-8-18(9-11-21)14-22-12-13-26-2/h3-11,20,22,24H,12-17H2,1-2H3. The molecule has 0 fully saturated rings. The van der Waals surface area contributed by atoms with Crippen molar-refractivity contribution in [2.75, 3.05) is 38.8 Å². The Balaban J connectivity index is 1.67. The van der Waals surface area contributed by atoms with Crippen LogP contribution in [0.15, 0.2) is 54.6 Å². The van der Waals surface area contributed by atoms with Crippen molar-refractivity contribution >= 4 is 11.8 Å². The fourth-order valence-electron chi connectivity index (χ4n) is 2.68. The molecule has 2 N–H and O–H groups in total. The monoisotopic (exact) mass is 374 g/mol. The Labute approximate surface area is 161 Å². The van der Waals surface area contributed by atoms with E-state index in [1.54, 1.807) is 0 Å². The Kier molecular flexibility index (Phi) is 9.56. The molecule has 2 aromatic carbocycles. The van der Waals surface area contributed by atoms with Crippen LogP contribution in [0.1, 0.15) is 11.1 Å². The van der Waals surface area contributed by atoms with Crippen molar-refractivity contribution in [3.63, 3.8) is 0 Å². The van der Waals surface area contributed by atoms with Gasteiger partial charge in [0.2, 0.25) is 0 Å². The molecule has 2 aromatic rings. The Morgan fingerprint density at radius 3 is 2.50 bits per heavy atom. The van der Waals surface area contributed by atoms with Crippen LogP contribution in [0.25, 0.3) is 0 Å². The zero-order chi connectivity index (χ0) is 18.6. The number of hydrogen-bond donors (Lipinski definition) is 2. The number of nitrogens with zero attached hydrogens (tertiary/aromatic N) is 1. The Hall–Kier alpha value is -1.53. The maximum atomic E-state index is 10.2. The largest absolute Gasteiger partial charge is 0.491 e. The van der Waals surface area contributed by atoms with Crippen LogP contribution in [-0.2, 0) is 13.1 Å². The van der Waals surface area contributed by atoms with E-state index in [4.69, 9.17) is 4.74 Å². The highest BCUT2D eigenvalue weighted by Crippen LogP contribution is 2.13.